The van der Waals surface area contributed by atoms with E-state index in [0.717, 1.165) is 12.8 Å². The first-order valence-electron chi connectivity index (χ1n) is 6.15. The molecule has 3 rings (SSSR count). The van der Waals surface area contributed by atoms with Crippen molar-refractivity contribution in [1.29, 1.82) is 0 Å². The lowest BCUT2D eigenvalue weighted by molar-refractivity contribution is 0.658. The molecule has 3 N–H and O–H groups in total. The molecular weight excluding hydrogens is 262 g/mol. The highest BCUT2D eigenvalue weighted by Crippen LogP contribution is 2.19. The van der Waals surface area contributed by atoms with Crippen LogP contribution < -0.4 is 11.1 Å². The number of imidazole rings is 1. The van der Waals surface area contributed by atoms with E-state index >= 15 is 0 Å². The second-order valence-electron chi connectivity index (χ2n) is 4.32. The molecule has 0 unspecified atom stereocenters. The van der Waals surface area contributed by atoms with Crippen LogP contribution in [0.1, 0.15) is 12.8 Å². The molecule has 1 aliphatic heterocycles. The Morgan fingerprint density at radius 1 is 1.26 bits per heavy atom. The summed E-state index contributed by atoms with van der Waals surface area (Å²) in [5.74, 6) is 3.58. The minimum absolute atomic E-state index is 0.214. The fourth-order valence-electron chi connectivity index (χ4n) is 1.96. The number of nitrogen functional groups attached to an aromatic ring is 1. The van der Waals surface area contributed by atoms with E-state index in [4.69, 9.17) is 5.73 Å². The molecule has 1 aliphatic rings. The molecule has 8 heteroatoms. The maximum Gasteiger partial charge on any atom is 0.241 e. The minimum atomic E-state index is 0.214. The third-order valence-electron chi connectivity index (χ3n) is 2.93. The Morgan fingerprint density at radius 3 is 2.84 bits per heavy atom. The van der Waals surface area contributed by atoms with Crippen molar-refractivity contribution in [2.45, 2.75) is 18.9 Å². The average Bonchev–Trinajstić information content (AvgIpc) is 2.93. The van der Waals surface area contributed by atoms with Gasteiger partial charge in [0.15, 0.2) is 0 Å². The first kappa shape index (κ1) is 12.2. The number of nitrogens with zero attached hydrogens (tertiary/aromatic N) is 5. The Bertz CT molecular complexity index is 536. The summed E-state index contributed by atoms with van der Waals surface area (Å²) in [4.78, 5) is 16.6. The normalized spacial score (nSPS) is 16.4. The van der Waals surface area contributed by atoms with Gasteiger partial charge >= 0.3 is 0 Å². The van der Waals surface area contributed by atoms with Crippen LogP contribution in [0.15, 0.2) is 18.7 Å². The highest BCUT2D eigenvalue weighted by Gasteiger charge is 2.15. The van der Waals surface area contributed by atoms with E-state index in [1.54, 1.807) is 23.3 Å². The van der Waals surface area contributed by atoms with Gasteiger partial charge in [0.25, 0.3) is 0 Å². The zero-order valence-corrected chi connectivity index (χ0v) is 11.2. The van der Waals surface area contributed by atoms with Crippen molar-refractivity contribution in [3.8, 4) is 5.95 Å². The molecule has 0 spiro atoms. The number of thioether (sulfide) groups is 1. The van der Waals surface area contributed by atoms with E-state index in [-0.39, 0.29) is 5.95 Å². The molecule has 0 bridgehead atoms. The molecule has 1 saturated heterocycles. The van der Waals surface area contributed by atoms with Crippen molar-refractivity contribution in [1.82, 2.24) is 24.5 Å². The lowest BCUT2D eigenvalue weighted by atomic mass is 10.2. The zero-order chi connectivity index (χ0) is 13.1. The molecule has 0 saturated carbocycles. The molecule has 2 aromatic heterocycles. The fourth-order valence-corrected chi connectivity index (χ4v) is 3.07. The molecule has 2 aromatic rings. The number of hydrogen-bond acceptors (Lipinski definition) is 7. The van der Waals surface area contributed by atoms with Gasteiger partial charge in [0.1, 0.15) is 6.33 Å². The van der Waals surface area contributed by atoms with Crippen LogP contribution in [-0.4, -0.2) is 42.1 Å². The van der Waals surface area contributed by atoms with Crippen LogP contribution in [-0.2, 0) is 0 Å². The van der Waals surface area contributed by atoms with Crippen LogP contribution >= 0.6 is 11.8 Å². The molecule has 0 amide bonds. The number of rotatable bonds is 3. The van der Waals surface area contributed by atoms with Gasteiger partial charge in [0.2, 0.25) is 17.8 Å². The largest absolute Gasteiger partial charge is 0.368 e. The summed E-state index contributed by atoms with van der Waals surface area (Å²) in [5, 5.41) is 3.33. The summed E-state index contributed by atoms with van der Waals surface area (Å²) >= 11 is 1.98. The lowest BCUT2D eigenvalue weighted by Gasteiger charge is -2.22. The Labute approximate surface area is 115 Å². The summed E-state index contributed by atoms with van der Waals surface area (Å²) in [5.41, 5.74) is 5.73. The Kier molecular flexibility index (Phi) is 3.49. The monoisotopic (exact) mass is 277 g/mol. The van der Waals surface area contributed by atoms with Gasteiger partial charge in [0.05, 0.1) is 0 Å². The molecule has 100 valence electrons. The zero-order valence-electron chi connectivity index (χ0n) is 10.4. The van der Waals surface area contributed by atoms with Crippen LogP contribution in [0.3, 0.4) is 0 Å². The smallest absolute Gasteiger partial charge is 0.241 e. The molecule has 0 radical (unpaired) electrons. The second-order valence-corrected chi connectivity index (χ2v) is 5.54. The highest BCUT2D eigenvalue weighted by atomic mass is 32.2. The van der Waals surface area contributed by atoms with E-state index in [2.05, 4.69) is 25.3 Å². The second kappa shape index (κ2) is 5.43. The fraction of sp³-hybridized carbons (Fsp3) is 0.455. The third-order valence-corrected chi connectivity index (χ3v) is 3.98. The molecule has 0 aromatic carbocycles. The molecular formula is C11H15N7S. The summed E-state index contributed by atoms with van der Waals surface area (Å²) < 4.78 is 1.71. The molecule has 0 aliphatic carbocycles. The van der Waals surface area contributed by atoms with Gasteiger partial charge < -0.3 is 11.1 Å². The van der Waals surface area contributed by atoms with Crippen molar-refractivity contribution in [2.75, 3.05) is 22.6 Å². The number of aromatic nitrogens is 5. The summed E-state index contributed by atoms with van der Waals surface area (Å²) in [6.07, 6.45) is 7.32. The number of nitrogens with two attached hydrogens (primary N) is 1. The molecule has 1 fully saturated rings. The SMILES string of the molecule is Nc1nc(NC2CCSCC2)nc(-n2ccnc2)n1. The number of nitrogens with one attached hydrogen (secondary N) is 1. The van der Waals surface area contributed by atoms with Crippen molar-refractivity contribution in [3.63, 3.8) is 0 Å². The summed E-state index contributed by atoms with van der Waals surface area (Å²) in [6.45, 7) is 0. The van der Waals surface area contributed by atoms with Crippen LogP contribution in [0, 0.1) is 0 Å². The first-order valence-corrected chi connectivity index (χ1v) is 7.31. The van der Waals surface area contributed by atoms with Gasteiger partial charge in [-0.3, -0.25) is 4.57 Å². The van der Waals surface area contributed by atoms with Crippen LogP contribution in [0.2, 0.25) is 0 Å². The van der Waals surface area contributed by atoms with Gasteiger partial charge in [0, 0.05) is 18.4 Å². The van der Waals surface area contributed by atoms with Gasteiger partial charge in [-0.2, -0.15) is 26.7 Å². The number of hydrogen-bond donors (Lipinski definition) is 2. The predicted molar refractivity (Wildman–Crippen MR) is 75.3 cm³/mol. The van der Waals surface area contributed by atoms with Gasteiger partial charge in [-0.05, 0) is 24.3 Å². The summed E-state index contributed by atoms with van der Waals surface area (Å²) in [6, 6.07) is 0.415. The van der Waals surface area contributed by atoms with Crippen LogP contribution in [0.25, 0.3) is 5.95 Å². The topological polar surface area (TPSA) is 94.5 Å². The van der Waals surface area contributed by atoms with Gasteiger partial charge in [-0.15, -0.1) is 0 Å². The Morgan fingerprint density at radius 2 is 2.11 bits per heavy atom. The average molecular weight is 277 g/mol. The quantitative estimate of drug-likeness (QED) is 0.862. The van der Waals surface area contributed by atoms with E-state index in [1.165, 1.54) is 11.5 Å². The van der Waals surface area contributed by atoms with Gasteiger partial charge in [-0.25, -0.2) is 4.98 Å². The number of anilines is 2. The molecule has 7 nitrogen and oxygen atoms in total. The van der Waals surface area contributed by atoms with E-state index in [0.29, 0.717) is 17.9 Å². The van der Waals surface area contributed by atoms with Crippen LogP contribution in [0.4, 0.5) is 11.9 Å². The van der Waals surface area contributed by atoms with E-state index in [1.807, 2.05) is 11.8 Å². The maximum absolute atomic E-state index is 5.73. The van der Waals surface area contributed by atoms with Crippen molar-refractivity contribution >= 4 is 23.7 Å². The van der Waals surface area contributed by atoms with Crippen LogP contribution in [0.5, 0.6) is 0 Å². The first-order chi connectivity index (χ1) is 9.31. The minimum Gasteiger partial charge on any atom is -0.368 e. The molecule has 0 atom stereocenters. The molecule has 19 heavy (non-hydrogen) atoms. The van der Waals surface area contributed by atoms with E-state index in [9.17, 15) is 0 Å². The Hall–Kier alpha value is -1.83. The Balaban J connectivity index is 1.81. The standard InChI is InChI=1S/C11H15N7S/c12-9-15-10(14-8-1-5-19-6-2-8)17-11(16-9)18-4-3-13-7-18/h3-4,7-8H,1-2,5-6H2,(H3,12,14,15,16,17). The third kappa shape index (κ3) is 2.95. The maximum atomic E-state index is 5.73. The highest BCUT2D eigenvalue weighted by molar-refractivity contribution is 7.99. The van der Waals surface area contributed by atoms with Crippen molar-refractivity contribution in [2.24, 2.45) is 0 Å². The van der Waals surface area contributed by atoms with E-state index < -0.39 is 0 Å². The summed E-state index contributed by atoms with van der Waals surface area (Å²) in [7, 11) is 0. The predicted octanol–water partition coefficient (Wildman–Crippen LogP) is 0.947. The lowest BCUT2D eigenvalue weighted by Crippen LogP contribution is -2.26. The van der Waals surface area contributed by atoms with Gasteiger partial charge in [-0.1, -0.05) is 0 Å². The van der Waals surface area contributed by atoms with Crippen molar-refractivity contribution in [3.05, 3.63) is 18.7 Å². The van der Waals surface area contributed by atoms with Crippen molar-refractivity contribution < 1.29 is 0 Å². The molecule has 3 heterocycles.